The maximum Gasteiger partial charge on any atom is 0.433 e. The summed E-state index contributed by atoms with van der Waals surface area (Å²) in [5.74, 6) is 0.311. The van der Waals surface area contributed by atoms with Crippen LogP contribution in [0.2, 0.25) is 0 Å². The van der Waals surface area contributed by atoms with Crippen molar-refractivity contribution in [1.29, 1.82) is 0 Å². The Morgan fingerprint density at radius 3 is 2.78 bits per heavy atom. The van der Waals surface area contributed by atoms with Crippen LogP contribution in [-0.4, -0.2) is 4.92 Å². The lowest BCUT2D eigenvalue weighted by Gasteiger charge is -2.08. The number of anilines is 1. The molecule has 1 aromatic heterocycles. The van der Waals surface area contributed by atoms with Gasteiger partial charge in [0.1, 0.15) is 10.7 Å². The van der Waals surface area contributed by atoms with Gasteiger partial charge in [-0.15, -0.1) is 0 Å². The van der Waals surface area contributed by atoms with E-state index in [0.717, 1.165) is 11.3 Å². The number of halogens is 1. The minimum Gasteiger partial charge on any atom is -0.404 e. The number of nitrogens with one attached hydrogen (secondary N) is 1. The summed E-state index contributed by atoms with van der Waals surface area (Å²) in [5, 5.41) is 13.7. The van der Waals surface area contributed by atoms with E-state index >= 15 is 0 Å². The molecule has 1 heterocycles. The van der Waals surface area contributed by atoms with Crippen molar-refractivity contribution >= 4 is 34.2 Å². The van der Waals surface area contributed by atoms with E-state index in [1.54, 1.807) is 6.07 Å². The summed E-state index contributed by atoms with van der Waals surface area (Å²) in [6.07, 6.45) is 0. The zero-order valence-electron chi connectivity index (χ0n) is 9.64. The summed E-state index contributed by atoms with van der Waals surface area (Å²) in [6, 6.07) is 9.01. The second-order valence-electron chi connectivity index (χ2n) is 3.81. The lowest BCUT2D eigenvalue weighted by molar-refractivity contribution is -0.402. The van der Waals surface area contributed by atoms with Crippen LogP contribution in [0.5, 0.6) is 0 Å². The Balaban J connectivity index is 2.04. The molecule has 2 rings (SSSR count). The highest BCUT2D eigenvalue weighted by molar-refractivity contribution is 14.1. The first-order valence-corrected chi connectivity index (χ1v) is 6.37. The van der Waals surface area contributed by atoms with E-state index in [4.69, 9.17) is 4.42 Å². The molecule has 0 unspecified atom stereocenters. The van der Waals surface area contributed by atoms with Crippen molar-refractivity contribution in [2.24, 2.45) is 0 Å². The van der Waals surface area contributed by atoms with E-state index < -0.39 is 4.92 Å². The number of nitro groups is 1. The van der Waals surface area contributed by atoms with Gasteiger partial charge in [-0.05, 0) is 59.3 Å². The van der Waals surface area contributed by atoms with E-state index in [0.29, 0.717) is 12.3 Å². The molecule has 5 nitrogen and oxygen atoms in total. The van der Waals surface area contributed by atoms with Gasteiger partial charge in [-0.1, -0.05) is 0 Å². The van der Waals surface area contributed by atoms with E-state index in [-0.39, 0.29) is 5.88 Å². The highest BCUT2D eigenvalue weighted by atomic mass is 127. The van der Waals surface area contributed by atoms with Crippen molar-refractivity contribution in [2.75, 3.05) is 5.32 Å². The molecule has 0 fully saturated rings. The zero-order chi connectivity index (χ0) is 13.1. The van der Waals surface area contributed by atoms with E-state index in [1.165, 1.54) is 9.64 Å². The van der Waals surface area contributed by atoms with Gasteiger partial charge < -0.3 is 9.73 Å². The molecule has 0 saturated carbocycles. The predicted molar refractivity (Wildman–Crippen MR) is 76.6 cm³/mol. The van der Waals surface area contributed by atoms with Gasteiger partial charge in [0.15, 0.2) is 0 Å². The minimum atomic E-state index is -0.542. The topological polar surface area (TPSA) is 68.3 Å². The van der Waals surface area contributed by atoms with Crippen molar-refractivity contribution in [3.63, 3.8) is 0 Å². The molecule has 0 atom stereocenters. The second-order valence-corrected chi connectivity index (χ2v) is 5.06. The summed E-state index contributed by atoms with van der Waals surface area (Å²) in [4.78, 5) is 9.93. The van der Waals surface area contributed by atoms with Crippen LogP contribution < -0.4 is 5.32 Å². The summed E-state index contributed by atoms with van der Waals surface area (Å²) >= 11 is 2.25. The van der Waals surface area contributed by atoms with Gasteiger partial charge in [0.05, 0.1) is 12.6 Å². The molecule has 1 aromatic carbocycles. The molecular weight excluding hydrogens is 347 g/mol. The van der Waals surface area contributed by atoms with Gasteiger partial charge in [0.25, 0.3) is 0 Å². The summed E-state index contributed by atoms with van der Waals surface area (Å²) in [6.45, 7) is 2.43. The Kier molecular flexibility index (Phi) is 3.85. The second kappa shape index (κ2) is 5.38. The first-order chi connectivity index (χ1) is 8.56. The van der Waals surface area contributed by atoms with Crippen LogP contribution in [-0.2, 0) is 6.54 Å². The zero-order valence-corrected chi connectivity index (χ0v) is 11.8. The SMILES string of the molecule is Cc1cc(I)ccc1NCc1ccc([N+](=O)[O-])o1. The largest absolute Gasteiger partial charge is 0.433 e. The quantitative estimate of drug-likeness (QED) is 0.514. The lowest BCUT2D eigenvalue weighted by Crippen LogP contribution is -2.00. The number of aryl methyl sites for hydroxylation is 1. The molecule has 0 aliphatic carbocycles. The molecule has 2 aromatic rings. The van der Waals surface area contributed by atoms with Crippen LogP contribution in [0.4, 0.5) is 11.6 Å². The number of furan rings is 1. The van der Waals surface area contributed by atoms with E-state index in [2.05, 4.69) is 34.0 Å². The summed E-state index contributed by atoms with van der Waals surface area (Å²) in [7, 11) is 0. The van der Waals surface area contributed by atoms with Gasteiger partial charge in [0, 0.05) is 9.26 Å². The van der Waals surface area contributed by atoms with Gasteiger partial charge in [-0.3, -0.25) is 10.1 Å². The van der Waals surface area contributed by atoms with Crippen LogP contribution in [0.3, 0.4) is 0 Å². The Labute approximate surface area is 117 Å². The molecule has 18 heavy (non-hydrogen) atoms. The van der Waals surface area contributed by atoms with Gasteiger partial charge in [-0.2, -0.15) is 0 Å². The fourth-order valence-corrected chi connectivity index (χ4v) is 2.21. The number of hydrogen-bond acceptors (Lipinski definition) is 4. The number of benzene rings is 1. The maximum absolute atomic E-state index is 10.5. The predicted octanol–water partition coefficient (Wildman–Crippen LogP) is 3.71. The smallest absolute Gasteiger partial charge is 0.404 e. The Morgan fingerprint density at radius 1 is 1.39 bits per heavy atom. The third-order valence-corrected chi connectivity index (χ3v) is 3.14. The molecule has 0 spiro atoms. The first-order valence-electron chi connectivity index (χ1n) is 5.29. The molecule has 0 bridgehead atoms. The average Bonchev–Trinajstić information content (AvgIpc) is 2.76. The number of rotatable bonds is 4. The Bertz CT molecular complexity index is 580. The monoisotopic (exact) mass is 358 g/mol. The van der Waals surface area contributed by atoms with E-state index in [1.807, 2.05) is 19.1 Å². The lowest BCUT2D eigenvalue weighted by atomic mass is 10.2. The molecule has 0 radical (unpaired) electrons. The van der Waals surface area contributed by atoms with Crippen molar-refractivity contribution in [3.8, 4) is 0 Å². The maximum atomic E-state index is 10.5. The van der Waals surface area contributed by atoms with Crippen LogP contribution in [0.1, 0.15) is 11.3 Å². The van der Waals surface area contributed by atoms with Gasteiger partial charge >= 0.3 is 5.88 Å². The molecule has 6 heteroatoms. The van der Waals surface area contributed by atoms with Crippen LogP contribution in [0.15, 0.2) is 34.7 Å². The van der Waals surface area contributed by atoms with Crippen molar-refractivity contribution < 1.29 is 9.34 Å². The minimum absolute atomic E-state index is 0.230. The molecule has 0 saturated heterocycles. The van der Waals surface area contributed by atoms with Crippen LogP contribution in [0, 0.1) is 20.6 Å². The molecule has 0 aliphatic heterocycles. The van der Waals surface area contributed by atoms with Crippen LogP contribution in [0.25, 0.3) is 0 Å². The van der Waals surface area contributed by atoms with E-state index in [9.17, 15) is 10.1 Å². The normalized spacial score (nSPS) is 10.3. The van der Waals surface area contributed by atoms with Crippen molar-refractivity contribution in [1.82, 2.24) is 0 Å². The number of hydrogen-bond donors (Lipinski definition) is 1. The Morgan fingerprint density at radius 2 is 2.17 bits per heavy atom. The van der Waals surface area contributed by atoms with Crippen molar-refractivity contribution in [2.45, 2.75) is 13.5 Å². The standard InChI is InChI=1S/C12H11IN2O3/c1-8-6-9(13)2-4-11(8)14-7-10-3-5-12(18-10)15(16)17/h2-6,14H,7H2,1H3. The molecule has 1 N–H and O–H groups in total. The number of nitrogens with zero attached hydrogens (tertiary/aromatic N) is 1. The van der Waals surface area contributed by atoms with Gasteiger partial charge in [-0.25, -0.2) is 0 Å². The summed E-state index contributed by atoms with van der Waals surface area (Å²) in [5.41, 5.74) is 2.12. The first kappa shape index (κ1) is 12.9. The molecule has 94 valence electrons. The molecule has 0 aliphatic rings. The Hall–Kier alpha value is -1.57. The fourth-order valence-electron chi connectivity index (χ4n) is 1.57. The third-order valence-electron chi connectivity index (χ3n) is 2.47. The third kappa shape index (κ3) is 3.00. The van der Waals surface area contributed by atoms with Gasteiger partial charge in [0.2, 0.25) is 0 Å². The highest BCUT2D eigenvalue weighted by Crippen LogP contribution is 2.20. The highest BCUT2D eigenvalue weighted by Gasteiger charge is 2.11. The van der Waals surface area contributed by atoms with Crippen molar-refractivity contribution in [3.05, 3.63) is 55.3 Å². The van der Waals surface area contributed by atoms with Crippen LogP contribution >= 0.6 is 22.6 Å². The summed E-state index contributed by atoms with van der Waals surface area (Å²) < 4.78 is 6.24. The molecule has 0 amide bonds. The fraction of sp³-hybridized carbons (Fsp3) is 0.167. The molecular formula is C12H11IN2O3. The average molecular weight is 358 g/mol.